The molecule has 2 aromatic carbocycles. The van der Waals surface area contributed by atoms with Crippen molar-refractivity contribution in [3.8, 4) is 0 Å². The van der Waals surface area contributed by atoms with Gasteiger partial charge in [-0.3, -0.25) is 0 Å². The van der Waals surface area contributed by atoms with E-state index >= 15 is 0 Å². The number of nitrogens with two attached hydrogens (primary N) is 1. The fourth-order valence-electron chi connectivity index (χ4n) is 3.29. The number of halogens is 2. The first-order valence-electron chi connectivity index (χ1n) is 9.52. The van der Waals surface area contributed by atoms with Gasteiger partial charge in [0, 0.05) is 36.4 Å². The highest BCUT2D eigenvalue weighted by Crippen LogP contribution is 2.23. The molecule has 1 saturated heterocycles. The summed E-state index contributed by atoms with van der Waals surface area (Å²) in [6.45, 7) is 4.88. The third-order valence-corrected chi connectivity index (χ3v) is 5.84. The van der Waals surface area contributed by atoms with Crippen LogP contribution >= 0.6 is 35.6 Å². The smallest absolute Gasteiger partial charge is 0.238 e. The van der Waals surface area contributed by atoms with Crippen molar-refractivity contribution in [2.75, 3.05) is 24.5 Å². The molecule has 0 bridgehead atoms. The summed E-state index contributed by atoms with van der Waals surface area (Å²) >= 11 is 6.11. The highest BCUT2D eigenvalue weighted by molar-refractivity contribution is 14.0. The zero-order chi connectivity index (χ0) is 20.9. The van der Waals surface area contributed by atoms with Gasteiger partial charge in [0.2, 0.25) is 10.0 Å². The number of nitrogens with zero attached hydrogens (tertiary/aromatic N) is 2. The van der Waals surface area contributed by atoms with Crippen LogP contribution in [0.15, 0.2) is 58.4 Å². The molecule has 0 radical (unpaired) electrons. The fraction of sp³-hybridized carbons (Fsp3) is 0.350. The number of benzene rings is 2. The van der Waals surface area contributed by atoms with Gasteiger partial charge >= 0.3 is 0 Å². The van der Waals surface area contributed by atoms with E-state index in [1.54, 1.807) is 12.1 Å². The van der Waals surface area contributed by atoms with Gasteiger partial charge in [0.15, 0.2) is 5.96 Å². The lowest BCUT2D eigenvalue weighted by Crippen LogP contribution is -2.44. The summed E-state index contributed by atoms with van der Waals surface area (Å²) in [5.74, 6) is 0.700. The molecule has 1 aliphatic rings. The summed E-state index contributed by atoms with van der Waals surface area (Å²) in [5.41, 5.74) is 1.89. The minimum Gasteiger partial charge on any atom is -0.369 e. The molecule has 10 heteroatoms. The molecule has 4 N–H and O–H groups in total. The SMILES string of the molecule is CCNC(=NCc1cccc(S(N)(=O)=O)c1)NC1CCN(c2cccc(Cl)c2)C1.I. The van der Waals surface area contributed by atoms with Crippen LogP contribution in [0.5, 0.6) is 0 Å². The van der Waals surface area contributed by atoms with Gasteiger partial charge in [-0.05, 0) is 49.2 Å². The molecule has 164 valence electrons. The predicted octanol–water partition coefficient (Wildman–Crippen LogP) is 2.94. The van der Waals surface area contributed by atoms with E-state index in [0.29, 0.717) is 12.5 Å². The number of guanidine groups is 1. The molecule has 0 amide bonds. The Bertz CT molecular complexity index is 987. The number of anilines is 1. The van der Waals surface area contributed by atoms with Crippen molar-refractivity contribution in [2.24, 2.45) is 10.1 Å². The zero-order valence-electron chi connectivity index (χ0n) is 16.7. The lowest BCUT2D eigenvalue weighted by Gasteiger charge is -2.20. The summed E-state index contributed by atoms with van der Waals surface area (Å²) < 4.78 is 23.1. The second-order valence-electron chi connectivity index (χ2n) is 6.94. The van der Waals surface area contributed by atoms with Crippen LogP contribution in [0.1, 0.15) is 18.9 Å². The molecule has 1 atom stereocenters. The summed E-state index contributed by atoms with van der Waals surface area (Å²) in [4.78, 5) is 6.99. The fourth-order valence-corrected chi connectivity index (χ4v) is 4.06. The number of nitrogens with one attached hydrogen (secondary N) is 2. The van der Waals surface area contributed by atoms with Gasteiger partial charge in [0.25, 0.3) is 0 Å². The number of hydrogen-bond acceptors (Lipinski definition) is 4. The molecule has 1 unspecified atom stereocenters. The monoisotopic (exact) mass is 563 g/mol. The molecule has 0 aromatic heterocycles. The average molecular weight is 564 g/mol. The third kappa shape index (κ3) is 7.00. The van der Waals surface area contributed by atoms with E-state index in [-0.39, 0.29) is 34.9 Å². The first kappa shape index (κ1) is 24.7. The van der Waals surface area contributed by atoms with E-state index in [9.17, 15) is 8.42 Å². The van der Waals surface area contributed by atoms with Crippen LogP contribution < -0.4 is 20.7 Å². The number of primary sulfonamides is 1. The Labute approximate surface area is 200 Å². The molecule has 0 saturated carbocycles. The Kier molecular flexibility index (Phi) is 9.20. The molecule has 1 aliphatic heterocycles. The first-order valence-corrected chi connectivity index (χ1v) is 11.4. The number of hydrogen-bond donors (Lipinski definition) is 3. The minimum atomic E-state index is -3.72. The van der Waals surface area contributed by atoms with Gasteiger partial charge in [-0.1, -0.05) is 29.8 Å². The molecule has 1 fully saturated rings. The first-order chi connectivity index (χ1) is 13.8. The Morgan fingerprint density at radius 2 is 2.03 bits per heavy atom. The summed E-state index contributed by atoms with van der Waals surface area (Å²) in [5, 5.41) is 12.7. The van der Waals surface area contributed by atoms with E-state index in [1.807, 2.05) is 31.2 Å². The molecule has 30 heavy (non-hydrogen) atoms. The lowest BCUT2D eigenvalue weighted by molar-refractivity contribution is 0.597. The predicted molar refractivity (Wildman–Crippen MR) is 133 cm³/mol. The van der Waals surface area contributed by atoms with Crippen LogP contribution in [-0.4, -0.2) is 40.1 Å². The molecular formula is C20H27ClIN5O2S. The van der Waals surface area contributed by atoms with E-state index in [2.05, 4.69) is 26.6 Å². The Morgan fingerprint density at radius 1 is 1.27 bits per heavy atom. The van der Waals surface area contributed by atoms with Crippen molar-refractivity contribution in [3.05, 3.63) is 59.1 Å². The number of sulfonamides is 1. The lowest BCUT2D eigenvalue weighted by atomic mass is 10.2. The average Bonchev–Trinajstić information content (AvgIpc) is 3.14. The van der Waals surface area contributed by atoms with Crippen molar-refractivity contribution >= 4 is 57.2 Å². The highest BCUT2D eigenvalue weighted by Gasteiger charge is 2.23. The van der Waals surface area contributed by atoms with Crippen molar-refractivity contribution in [1.82, 2.24) is 10.6 Å². The summed E-state index contributed by atoms with van der Waals surface area (Å²) in [6, 6.07) is 14.7. The Hall–Kier alpha value is -1.56. The maximum Gasteiger partial charge on any atom is 0.238 e. The number of aliphatic imine (C=N–C) groups is 1. The normalized spacial score (nSPS) is 16.8. The van der Waals surface area contributed by atoms with Crippen molar-refractivity contribution in [2.45, 2.75) is 30.8 Å². The molecule has 0 aliphatic carbocycles. The Balaban J connectivity index is 0.00000320. The van der Waals surface area contributed by atoms with Crippen molar-refractivity contribution in [1.29, 1.82) is 0 Å². The quantitative estimate of drug-likeness (QED) is 0.285. The molecule has 1 heterocycles. The van der Waals surface area contributed by atoms with Gasteiger partial charge in [-0.15, -0.1) is 24.0 Å². The Morgan fingerprint density at radius 3 is 2.73 bits per heavy atom. The van der Waals surface area contributed by atoms with Crippen LogP contribution in [-0.2, 0) is 16.6 Å². The largest absolute Gasteiger partial charge is 0.369 e. The van der Waals surface area contributed by atoms with Crippen LogP contribution in [0, 0.1) is 0 Å². The minimum absolute atomic E-state index is 0. The van der Waals surface area contributed by atoms with Crippen LogP contribution in [0.2, 0.25) is 5.02 Å². The van der Waals surface area contributed by atoms with Crippen molar-refractivity contribution < 1.29 is 8.42 Å². The van der Waals surface area contributed by atoms with Crippen LogP contribution in [0.25, 0.3) is 0 Å². The maximum absolute atomic E-state index is 11.5. The second kappa shape index (κ2) is 11.2. The topological polar surface area (TPSA) is 99.8 Å². The summed E-state index contributed by atoms with van der Waals surface area (Å²) in [6.07, 6.45) is 0.984. The van der Waals surface area contributed by atoms with E-state index in [1.165, 1.54) is 6.07 Å². The van der Waals surface area contributed by atoms with E-state index < -0.39 is 10.0 Å². The van der Waals surface area contributed by atoms with Gasteiger partial charge in [-0.25, -0.2) is 18.5 Å². The van der Waals surface area contributed by atoms with Gasteiger partial charge < -0.3 is 15.5 Å². The standard InChI is InChI=1S/C20H26ClN5O2S.HI/c1-2-23-20(24-13-15-5-3-8-19(11-15)29(22,27)28)25-17-9-10-26(14-17)18-7-4-6-16(21)12-18;/h3-8,11-12,17H,2,9-10,13-14H2,1H3,(H2,22,27,28)(H2,23,24,25);1H. The van der Waals surface area contributed by atoms with Gasteiger partial charge in [0.05, 0.1) is 11.4 Å². The van der Waals surface area contributed by atoms with Gasteiger partial charge in [-0.2, -0.15) is 0 Å². The molecule has 3 rings (SSSR count). The van der Waals surface area contributed by atoms with Crippen LogP contribution in [0.4, 0.5) is 5.69 Å². The highest BCUT2D eigenvalue weighted by atomic mass is 127. The summed E-state index contributed by atoms with van der Waals surface area (Å²) in [7, 11) is -3.72. The van der Waals surface area contributed by atoms with Gasteiger partial charge in [0.1, 0.15) is 0 Å². The molecule has 7 nitrogen and oxygen atoms in total. The van der Waals surface area contributed by atoms with E-state index in [0.717, 1.165) is 42.3 Å². The number of rotatable bonds is 6. The molecule has 0 spiro atoms. The van der Waals surface area contributed by atoms with E-state index in [4.69, 9.17) is 16.7 Å². The molecule has 2 aromatic rings. The zero-order valence-corrected chi connectivity index (χ0v) is 20.6. The third-order valence-electron chi connectivity index (χ3n) is 4.69. The molecular weight excluding hydrogens is 537 g/mol. The van der Waals surface area contributed by atoms with Crippen molar-refractivity contribution in [3.63, 3.8) is 0 Å². The van der Waals surface area contributed by atoms with Crippen LogP contribution in [0.3, 0.4) is 0 Å². The second-order valence-corrected chi connectivity index (χ2v) is 8.94. The maximum atomic E-state index is 11.5.